The number of amides is 3. The van der Waals surface area contributed by atoms with E-state index < -0.39 is 42.2 Å². The van der Waals surface area contributed by atoms with Crippen molar-refractivity contribution in [1.82, 2.24) is 9.80 Å². The van der Waals surface area contributed by atoms with Gasteiger partial charge >= 0.3 is 6.09 Å². The zero-order chi connectivity index (χ0) is 22.2. The Balaban J connectivity index is 1.47. The zero-order valence-electron chi connectivity index (χ0n) is 17.0. The van der Waals surface area contributed by atoms with E-state index in [-0.39, 0.29) is 30.8 Å². The molecule has 8 heteroatoms. The van der Waals surface area contributed by atoms with E-state index in [0.717, 1.165) is 10.5 Å². The van der Waals surface area contributed by atoms with E-state index in [1.54, 1.807) is 24.3 Å². The molecular weight excluding hydrogens is 406 g/mol. The molecule has 6 nitrogen and oxygen atoms in total. The number of halogens is 2. The predicted molar refractivity (Wildman–Crippen MR) is 108 cm³/mol. The Morgan fingerprint density at radius 3 is 2.19 bits per heavy atom. The fourth-order valence-corrected chi connectivity index (χ4v) is 4.08. The van der Waals surface area contributed by atoms with Gasteiger partial charge in [0.05, 0.1) is 17.0 Å². The number of carbonyl (C=O) groups is 3. The number of carbonyl (C=O) groups excluding carboxylic acids is 3. The summed E-state index contributed by atoms with van der Waals surface area (Å²) in [4.78, 5) is 39.8. The molecule has 1 fully saturated rings. The lowest BCUT2D eigenvalue weighted by molar-refractivity contribution is -0.142. The second-order valence-corrected chi connectivity index (χ2v) is 7.98. The number of benzene rings is 2. The molecule has 0 bridgehead atoms. The zero-order valence-corrected chi connectivity index (χ0v) is 17.0. The van der Waals surface area contributed by atoms with E-state index in [2.05, 4.69) is 0 Å². The molecule has 2 aliphatic heterocycles. The van der Waals surface area contributed by atoms with Crippen LogP contribution in [0.15, 0.2) is 54.6 Å². The summed E-state index contributed by atoms with van der Waals surface area (Å²) in [6, 6.07) is 15.3. The van der Waals surface area contributed by atoms with Crippen LogP contribution in [0.5, 0.6) is 0 Å². The maximum absolute atomic E-state index is 15.0. The third kappa shape index (κ3) is 3.89. The van der Waals surface area contributed by atoms with E-state index in [4.69, 9.17) is 4.74 Å². The van der Waals surface area contributed by atoms with Gasteiger partial charge in [0.25, 0.3) is 17.7 Å². The molecule has 2 atom stereocenters. The van der Waals surface area contributed by atoms with E-state index in [1.165, 1.54) is 24.0 Å². The maximum atomic E-state index is 15.0. The fraction of sp³-hybridized carbons (Fsp3) is 0.348. The number of imide groups is 1. The number of fused-ring (bicyclic) bond motifs is 1. The fourth-order valence-electron chi connectivity index (χ4n) is 4.08. The van der Waals surface area contributed by atoms with Crippen LogP contribution >= 0.6 is 0 Å². The number of alkyl halides is 2. The quantitative estimate of drug-likeness (QED) is 0.695. The lowest BCUT2D eigenvalue weighted by Gasteiger charge is -2.42. The topological polar surface area (TPSA) is 66.9 Å². The van der Waals surface area contributed by atoms with Crippen LogP contribution in [-0.4, -0.2) is 53.3 Å². The van der Waals surface area contributed by atoms with E-state index in [0.29, 0.717) is 0 Å². The number of hydrogen-bond acceptors (Lipinski definition) is 4. The van der Waals surface area contributed by atoms with E-state index in [1.807, 2.05) is 18.2 Å². The molecule has 0 N–H and O–H groups in total. The van der Waals surface area contributed by atoms with E-state index in [9.17, 15) is 23.2 Å². The Hall–Kier alpha value is -3.29. The normalized spacial score (nSPS) is 22.4. The van der Waals surface area contributed by atoms with Crippen LogP contribution in [0.1, 0.15) is 33.2 Å². The Morgan fingerprint density at radius 1 is 1.00 bits per heavy atom. The van der Waals surface area contributed by atoms with Gasteiger partial charge in [0.1, 0.15) is 6.61 Å². The minimum atomic E-state index is -3.15. The molecule has 4 rings (SSSR count). The highest BCUT2D eigenvalue weighted by atomic mass is 19.3. The average molecular weight is 428 g/mol. The summed E-state index contributed by atoms with van der Waals surface area (Å²) in [5, 5.41) is 0. The van der Waals surface area contributed by atoms with Crippen molar-refractivity contribution in [2.75, 3.05) is 19.6 Å². The first-order chi connectivity index (χ1) is 14.8. The smallest absolute Gasteiger partial charge is 0.410 e. The number of rotatable bonds is 4. The van der Waals surface area contributed by atoms with Gasteiger partial charge in [-0.3, -0.25) is 14.5 Å². The first-order valence-corrected chi connectivity index (χ1v) is 10.1. The molecule has 3 amide bonds. The largest absolute Gasteiger partial charge is 0.445 e. The summed E-state index contributed by atoms with van der Waals surface area (Å²) in [6.07, 6.45) is -0.696. The van der Waals surface area contributed by atoms with Crippen molar-refractivity contribution in [2.45, 2.75) is 19.5 Å². The molecule has 2 aromatic carbocycles. The van der Waals surface area contributed by atoms with Gasteiger partial charge in [-0.1, -0.05) is 49.4 Å². The number of hydrogen-bond donors (Lipinski definition) is 0. The molecule has 0 aliphatic carbocycles. The summed E-state index contributed by atoms with van der Waals surface area (Å²) in [7, 11) is 0. The number of piperidine rings is 1. The summed E-state index contributed by atoms with van der Waals surface area (Å²) in [5.74, 6) is -6.86. The van der Waals surface area contributed by atoms with Crippen molar-refractivity contribution in [2.24, 2.45) is 11.8 Å². The molecule has 1 saturated heterocycles. The van der Waals surface area contributed by atoms with Crippen LogP contribution in [0.2, 0.25) is 0 Å². The van der Waals surface area contributed by atoms with Gasteiger partial charge in [0.15, 0.2) is 0 Å². The monoisotopic (exact) mass is 428 g/mol. The third-order valence-corrected chi connectivity index (χ3v) is 5.88. The Labute approximate surface area is 178 Å². The SMILES string of the molecule is CC1CN(C(=O)OCc2ccccc2)CC(CN2C(=O)c3ccccc3C2=O)C1(F)F. The van der Waals surface area contributed by atoms with Crippen LogP contribution in [-0.2, 0) is 11.3 Å². The standard InChI is InChI=1S/C23H22F2N2O4/c1-15-11-26(22(30)31-14-16-7-3-2-4-8-16)12-17(23(15,24)25)13-27-20(28)18-9-5-6-10-19(18)21(27)29/h2-10,15,17H,11-14H2,1H3. The van der Waals surface area contributed by atoms with Gasteiger partial charge in [0, 0.05) is 25.6 Å². The molecule has 2 unspecified atom stereocenters. The van der Waals surface area contributed by atoms with Crippen molar-refractivity contribution < 1.29 is 27.9 Å². The van der Waals surface area contributed by atoms with E-state index >= 15 is 0 Å². The van der Waals surface area contributed by atoms with Crippen LogP contribution < -0.4 is 0 Å². The highest BCUT2D eigenvalue weighted by Gasteiger charge is 2.52. The molecule has 2 aliphatic rings. The first-order valence-electron chi connectivity index (χ1n) is 10.1. The highest BCUT2D eigenvalue weighted by molar-refractivity contribution is 6.21. The molecule has 2 heterocycles. The summed E-state index contributed by atoms with van der Waals surface area (Å²) in [5.41, 5.74) is 1.20. The summed E-state index contributed by atoms with van der Waals surface area (Å²) >= 11 is 0. The Bertz CT molecular complexity index is 977. The lowest BCUT2D eigenvalue weighted by Crippen LogP contribution is -2.57. The summed E-state index contributed by atoms with van der Waals surface area (Å²) < 4.78 is 35.2. The number of likely N-dealkylation sites (tertiary alicyclic amines) is 1. The van der Waals surface area contributed by atoms with Gasteiger partial charge in [-0.2, -0.15) is 0 Å². The van der Waals surface area contributed by atoms with Crippen LogP contribution in [0.4, 0.5) is 13.6 Å². The second kappa shape index (κ2) is 8.09. The number of nitrogens with zero attached hydrogens (tertiary/aromatic N) is 2. The molecule has 2 aromatic rings. The minimum absolute atomic E-state index is 0.0318. The van der Waals surface area contributed by atoms with Gasteiger partial charge in [-0.15, -0.1) is 0 Å². The molecule has 162 valence electrons. The average Bonchev–Trinajstić information content (AvgIpc) is 3.01. The molecule has 31 heavy (non-hydrogen) atoms. The minimum Gasteiger partial charge on any atom is -0.445 e. The van der Waals surface area contributed by atoms with Crippen molar-refractivity contribution in [3.8, 4) is 0 Å². The van der Waals surface area contributed by atoms with Crippen molar-refractivity contribution in [1.29, 1.82) is 0 Å². The van der Waals surface area contributed by atoms with Crippen molar-refractivity contribution in [3.05, 3.63) is 71.3 Å². The Morgan fingerprint density at radius 2 is 1.58 bits per heavy atom. The molecule has 0 radical (unpaired) electrons. The number of ether oxygens (including phenoxy) is 1. The molecule has 0 saturated carbocycles. The Kier molecular flexibility index (Phi) is 5.47. The second-order valence-electron chi connectivity index (χ2n) is 7.98. The molecule has 0 aromatic heterocycles. The van der Waals surface area contributed by atoms with Crippen LogP contribution in [0.25, 0.3) is 0 Å². The molecular formula is C23H22F2N2O4. The maximum Gasteiger partial charge on any atom is 0.410 e. The third-order valence-electron chi connectivity index (χ3n) is 5.88. The highest BCUT2D eigenvalue weighted by Crippen LogP contribution is 2.39. The first kappa shape index (κ1) is 21.0. The summed E-state index contributed by atoms with van der Waals surface area (Å²) in [6.45, 7) is 0.444. The van der Waals surface area contributed by atoms with Gasteiger partial charge in [0.2, 0.25) is 0 Å². The van der Waals surface area contributed by atoms with Crippen LogP contribution in [0, 0.1) is 11.8 Å². The van der Waals surface area contributed by atoms with Gasteiger partial charge in [-0.05, 0) is 17.7 Å². The van der Waals surface area contributed by atoms with Gasteiger partial charge in [-0.25, -0.2) is 13.6 Å². The predicted octanol–water partition coefficient (Wildman–Crippen LogP) is 3.82. The van der Waals surface area contributed by atoms with Crippen molar-refractivity contribution >= 4 is 17.9 Å². The lowest BCUT2D eigenvalue weighted by atomic mass is 9.85. The molecule has 0 spiro atoms. The van der Waals surface area contributed by atoms with Crippen LogP contribution in [0.3, 0.4) is 0 Å². The van der Waals surface area contributed by atoms with Gasteiger partial charge < -0.3 is 9.64 Å². The van der Waals surface area contributed by atoms with Crippen molar-refractivity contribution in [3.63, 3.8) is 0 Å².